The third-order valence-electron chi connectivity index (χ3n) is 4.81. The van der Waals surface area contributed by atoms with Crippen molar-refractivity contribution in [2.75, 3.05) is 50.5 Å². The largest absolute Gasteiger partial charge is 0.490 e. The summed E-state index contributed by atoms with van der Waals surface area (Å²) in [7, 11) is 3.42. The van der Waals surface area contributed by atoms with E-state index in [2.05, 4.69) is 20.5 Å². The highest BCUT2D eigenvalue weighted by molar-refractivity contribution is 6.06. The summed E-state index contributed by atoms with van der Waals surface area (Å²) in [6.07, 6.45) is -3.47. The predicted octanol–water partition coefficient (Wildman–Crippen LogP) is 2.39. The molecule has 1 aromatic heterocycles. The molecule has 1 saturated heterocycles. The Bertz CT molecular complexity index is 1040. The third kappa shape index (κ3) is 7.17. The van der Waals surface area contributed by atoms with E-state index in [1.807, 2.05) is 25.1 Å². The van der Waals surface area contributed by atoms with E-state index < -0.39 is 12.1 Å². The molecule has 0 bridgehead atoms. The average molecular weight is 481 g/mol. The Kier molecular flexibility index (Phi) is 8.96. The topological polar surface area (TPSA) is 115 Å². The number of pyridine rings is 1. The van der Waals surface area contributed by atoms with Crippen molar-refractivity contribution in [1.29, 1.82) is 0 Å². The van der Waals surface area contributed by atoms with Gasteiger partial charge in [0.1, 0.15) is 5.82 Å². The van der Waals surface area contributed by atoms with Crippen molar-refractivity contribution in [1.82, 2.24) is 15.2 Å². The van der Waals surface area contributed by atoms with Crippen molar-refractivity contribution in [3.05, 3.63) is 53.2 Å². The molecule has 9 nitrogen and oxygen atoms in total. The number of alkyl halides is 3. The number of carbonyl (C=O) groups is 3. The number of hydrogen-bond acceptors (Lipinski definition) is 6. The van der Waals surface area contributed by atoms with Crippen LogP contribution in [0.15, 0.2) is 36.5 Å². The molecule has 1 aromatic carbocycles. The predicted molar refractivity (Wildman–Crippen MR) is 120 cm³/mol. The molecule has 2 amide bonds. The van der Waals surface area contributed by atoms with Crippen molar-refractivity contribution in [3.8, 4) is 0 Å². The first-order valence-electron chi connectivity index (χ1n) is 10.3. The lowest BCUT2D eigenvalue weighted by Gasteiger charge is -2.30. The van der Waals surface area contributed by atoms with Crippen molar-refractivity contribution in [2.24, 2.45) is 0 Å². The molecule has 1 aliphatic heterocycles. The number of nitrogens with zero attached hydrogens (tertiary/aromatic N) is 3. The molecule has 34 heavy (non-hydrogen) atoms. The maximum absolute atomic E-state index is 12.7. The lowest BCUT2D eigenvalue weighted by Crippen LogP contribution is -2.44. The van der Waals surface area contributed by atoms with Gasteiger partial charge in [-0.15, -0.1) is 0 Å². The average Bonchev–Trinajstić information content (AvgIpc) is 2.79. The fraction of sp³-hybridized carbons (Fsp3) is 0.364. The second-order valence-electron chi connectivity index (χ2n) is 7.60. The van der Waals surface area contributed by atoms with Gasteiger partial charge in [-0.05, 0) is 24.6 Å². The summed E-state index contributed by atoms with van der Waals surface area (Å²) in [5.41, 5.74) is 2.49. The Morgan fingerprint density at radius 2 is 1.71 bits per heavy atom. The number of aliphatic carboxylic acids is 1. The highest BCUT2D eigenvalue weighted by atomic mass is 19.4. The zero-order chi connectivity index (χ0) is 25.5. The zero-order valence-electron chi connectivity index (χ0n) is 18.9. The van der Waals surface area contributed by atoms with Gasteiger partial charge < -0.3 is 25.5 Å². The molecule has 1 fully saturated rings. The van der Waals surface area contributed by atoms with Crippen LogP contribution in [0.4, 0.5) is 24.7 Å². The number of rotatable bonds is 4. The number of aryl methyl sites for hydroxylation is 1. The molecular weight excluding hydrogens is 455 g/mol. The summed E-state index contributed by atoms with van der Waals surface area (Å²) in [6, 6.07) is 9.10. The minimum Gasteiger partial charge on any atom is -0.475 e. The van der Waals surface area contributed by atoms with Gasteiger partial charge in [0.25, 0.3) is 11.8 Å². The number of amides is 2. The lowest BCUT2D eigenvalue weighted by molar-refractivity contribution is -0.192. The first-order chi connectivity index (χ1) is 15.9. The van der Waals surface area contributed by atoms with E-state index in [9.17, 15) is 22.8 Å². The Morgan fingerprint density at radius 1 is 1.12 bits per heavy atom. The van der Waals surface area contributed by atoms with E-state index in [1.54, 1.807) is 32.4 Å². The molecule has 184 valence electrons. The van der Waals surface area contributed by atoms with Crippen LogP contribution in [0.25, 0.3) is 0 Å². The molecule has 0 saturated carbocycles. The van der Waals surface area contributed by atoms with Crippen LogP contribution in [0.3, 0.4) is 0 Å². The van der Waals surface area contributed by atoms with Gasteiger partial charge in [-0.1, -0.05) is 18.2 Å². The number of halogens is 3. The molecule has 2 heterocycles. The summed E-state index contributed by atoms with van der Waals surface area (Å²) in [5, 5.41) is 13.3. The van der Waals surface area contributed by atoms with Crippen LogP contribution in [-0.4, -0.2) is 79.2 Å². The first kappa shape index (κ1) is 26.6. The number of carboxylic acids is 1. The van der Waals surface area contributed by atoms with Crippen molar-refractivity contribution < 1.29 is 32.7 Å². The van der Waals surface area contributed by atoms with Crippen LogP contribution >= 0.6 is 0 Å². The van der Waals surface area contributed by atoms with Gasteiger partial charge in [-0.3, -0.25) is 9.59 Å². The fourth-order valence-corrected chi connectivity index (χ4v) is 3.08. The molecular formula is C22H26F3N5O4. The minimum absolute atomic E-state index is 0.136. The number of anilines is 2. The molecule has 0 spiro atoms. The van der Waals surface area contributed by atoms with Gasteiger partial charge in [-0.2, -0.15) is 13.2 Å². The monoisotopic (exact) mass is 481 g/mol. The number of hydrogen-bond donors (Lipinski definition) is 3. The zero-order valence-corrected chi connectivity index (χ0v) is 18.9. The number of benzene rings is 1. The molecule has 0 unspecified atom stereocenters. The Labute approximate surface area is 194 Å². The summed E-state index contributed by atoms with van der Waals surface area (Å²) in [6.45, 7) is 5.17. The highest BCUT2D eigenvalue weighted by Crippen LogP contribution is 2.23. The fourth-order valence-electron chi connectivity index (χ4n) is 3.08. The molecule has 0 aliphatic carbocycles. The Hall–Kier alpha value is -3.67. The maximum atomic E-state index is 12.7. The van der Waals surface area contributed by atoms with Crippen molar-refractivity contribution in [3.63, 3.8) is 0 Å². The molecule has 0 atom stereocenters. The van der Waals surface area contributed by atoms with Crippen LogP contribution in [0, 0.1) is 6.92 Å². The van der Waals surface area contributed by atoms with E-state index in [0.717, 1.165) is 31.7 Å². The Morgan fingerprint density at radius 3 is 2.24 bits per heavy atom. The van der Waals surface area contributed by atoms with Gasteiger partial charge in [0.05, 0.1) is 17.4 Å². The van der Waals surface area contributed by atoms with Gasteiger partial charge in [0.2, 0.25) is 0 Å². The molecule has 3 N–H and O–H groups in total. The number of nitrogens with one attached hydrogen (secondary N) is 2. The number of carbonyl (C=O) groups excluding carboxylic acids is 2. The quantitative estimate of drug-likeness (QED) is 0.614. The second-order valence-corrected chi connectivity index (χ2v) is 7.60. The van der Waals surface area contributed by atoms with E-state index in [0.29, 0.717) is 22.6 Å². The molecule has 1 aliphatic rings. The van der Waals surface area contributed by atoms with Crippen LogP contribution in [0.1, 0.15) is 26.3 Å². The smallest absolute Gasteiger partial charge is 0.475 e. The Balaban J connectivity index is 0.000000509. The standard InChI is InChI=1S/C20H25N5O2.C2HF3O2/c1-14-6-4-5-7-16(14)19(26)23-15-12-17(20(27)24(2)3)18(22-13-15)25-10-8-21-9-11-25;3-2(4,5)1(6)7/h4-7,12-13,21H,8-11H2,1-3H3,(H,23,26);(H,6,7). The van der Waals surface area contributed by atoms with E-state index in [-0.39, 0.29) is 11.8 Å². The molecule has 12 heteroatoms. The normalized spacial score (nSPS) is 13.4. The third-order valence-corrected chi connectivity index (χ3v) is 4.81. The number of aromatic nitrogens is 1. The minimum atomic E-state index is -5.08. The lowest BCUT2D eigenvalue weighted by atomic mass is 10.1. The molecule has 2 aromatic rings. The summed E-state index contributed by atoms with van der Waals surface area (Å²) in [5.74, 6) is -2.45. The second kappa shape index (κ2) is 11.5. The number of carboxylic acid groups (broad SMARTS) is 1. The van der Waals surface area contributed by atoms with Gasteiger partial charge >= 0.3 is 12.1 Å². The van der Waals surface area contributed by atoms with E-state index in [1.165, 1.54) is 4.90 Å². The van der Waals surface area contributed by atoms with E-state index >= 15 is 0 Å². The van der Waals surface area contributed by atoms with Crippen LogP contribution in [-0.2, 0) is 4.79 Å². The van der Waals surface area contributed by atoms with Crippen LogP contribution < -0.4 is 15.5 Å². The van der Waals surface area contributed by atoms with Gasteiger partial charge in [0.15, 0.2) is 0 Å². The number of piperazine rings is 1. The molecule has 0 radical (unpaired) electrons. The maximum Gasteiger partial charge on any atom is 0.490 e. The molecule has 3 rings (SSSR count). The van der Waals surface area contributed by atoms with Crippen molar-refractivity contribution >= 4 is 29.3 Å². The SMILES string of the molecule is Cc1ccccc1C(=O)Nc1cnc(N2CCNCC2)c(C(=O)N(C)C)c1.O=C(O)C(F)(F)F. The van der Waals surface area contributed by atoms with E-state index in [4.69, 9.17) is 9.90 Å². The summed E-state index contributed by atoms with van der Waals surface area (Å²) >= 11 is 0. The van der Waals surface area contributed by atoms with Gasteiger partial charge in [0, 0.05) is 45.8 Å². The van der Waals surface area contributed by atoms with Gasteiger partial charge in [-0.25, -0.2) is 9.78 Å². The van der Waals surface area contributed by atoms with Crippen LogP contribution in [0.5, 0.6) is 0 Å². The van der Waals surface area contributed by atoms with Crippen molar-refractivity contribution in [2.45, 2.75) is 13.1 Å². The summed E-state index contributed by atoms with van der Waals surface area (Å²) in [4.78, 5) is 42.3. The summed E-state index contributed by atoms with van der Waals surface area (Å²) < 4.78 is 31.7. The highest BCUT2D eigenvalue weighted by Gasteiger charge is 2.38. The first-order valence-corrected chi connectivity index (χ1v) is 10.3. The van der Waals surface area contributed by atoms with Crippen LogP contribution in [0.2, 0.25) is 0 Å².